The van der Waals surface area contributed by atoms with E-state index in [0.29, 0.717) is 29.7 Å². The van der Waals surface area contributed by atoms with Crippen LogP contribution in [0.2, 0.25) is 0 Å². The molecule has 0 aromatic carbocycles. The number of nitrogens with zero attached hydrogens (tertiary/aromatic N) is 1. The highest BCUT2D eigenvalue weighted by Crippen LogP contribution is 2.47. The number of carbonyl (C=O) groups is 1. The first-order valence-corrected chi connectivity index (χ1v) is 7.93. The van der Waals surface area contributed by atoms with Gasteiger partial charge in [0.2, 0.25) is 0 Å². The van der Waals surface area contributed by atoms with Gasteiger partial charge in [0.1, 0.15) is 11.1 Å². The Morgan fingerprint density at radius 3 is 2.20 bits per heavy atom. The lowest BCUT2D eigenvalue weighted by atomic mass is 10.1. The molecule has 11 heteroatoms. The third-order valence-electron chi connectivity index (χ3n) is 3.80. The van der Waals surface area contributed by atoms with E-state index < -0.39 is 28.9 Å². The van der Waals surface area contributed by atoms with Crippen molar-refractivity contribution in [2.75, 3.05) is 5.32 Å². The van der Waals surface area contributed by atoms with Gasteiger partial charge >= 0.3 is 23.9 Å². The maximum atomic E-state index is 13.4. The van der Waals surface area contributed by atoms with Crippen molar-refractivity contribution in [2.24, 2.45) is 0 Å². The Hall–Kier alpha value is -1.83. The minimum Gasteiger partial charge on any atom is -0.311 e. The van der Waals surface area contributed by atoms with Gasteiger partial charge < -0.3 is 5.32 Å². The highest BCUT2D eigenvalue weighted by Gasteiger charge is 2.76. The molecule has 0 saturated carbocycles. The molecule has 1 aliphatic carbocycles. The van der Waals surface area contributed by atoms with Crippen LogP contribution in [0.5, 0.6) is 0 Å². The van der Waals surface area contributed by atoms with Crippen LogP contribution in [-0.2, 0) is 17.6 Å². The van der Waals surface area contributed by atoms with Crippen LogP contribution in [0.1, 0.15) is 35.3 Å². The summed E-state index contributed by atoms with van der Waals surface area (Å²) in [7, 11) is 0. The number of rotatable bonds is 3. The fraction of sp³-hybridized carbons (Fsp3) is 0.571. The van der Waals surface area contributed by atoms with Crippen LogP contribution in [0, 0.1) is 11.3 Å². The summed E-state index contributed by atoms with van der Waals surface area (Å²) in [5.74, 6) is -15.4. The maximum absolute atomic E-state index is 13.4. The van der Waals surface area contributed by atoms with E-state index in [9.17, 15) is 35.5 Å². The summed E-state index contributed by atoms with van der Waals surface area (Å²) in [6.45, 7) is 0. The van der Waals surface area contributed by atoms with Crippen LogP contribution in [0.4, 0.5) is 35.7 Å². The van der Waals surface area contributed by atoms with E-state index in [1.165, 1.54) is 5.32 Å². The van der Waals surface area contributed by atoms with E-state index in [1.54, 1.807) is 6.07 Å². The van der Waals surface area contributed by atoms with Crippen molar-refractivity contribution in [3.63, 3.8) is 0 Å². The quantitative estimate of drug-likeness (QED) is 0.605. The second-order valence-corrected chi connectivity index (χ2v) is 6.59. The zero-order chi connectivity index (χ0) is 19.0. The number of alkyl halides is 7. The number of aryl methyl sites for hydroxylation is 1. The first-order valence-electron chi connectivity index (χ1n) is 7.12. The summed E-state index contributed by atoms with van der Waals surface area (Å²) in [5.41, 5.74) is 0.354. The van der Waals surface area contributed by atoms with Gasteiger partial charge in [-0.25, -0.2) is 0 Å². The summed E-state index contributed by atoms with van der Waals surface area (Å²) in [4.78, 5) is 12.1. The first kappa shape index (κ1) is 19.5. The lowest BCUT2D eigenvalue weighted by Crippen LogP contribution is -2.57. The van der Waals surface area contributed by atoms with Gasteiger partial charge in [-0.1, -0.05) is 6.42 Å². The third-order valence-corrected chi connectivity index (χ3v) is 5.00. The van der Waals surface area contributed by atoms with E-state index in [-0.39, 0.29) is 5.56 Å². The van der Waals surface area contributed by atoms with Crippen LogP contribution in [0.15, 0.2) is 0 Å². The smallest absolute Gasteiger partial charge is 0.311 e. The molecular weight excluding hydrogens is 377 g/mol. The molecular formula is C14H11F7N2OS. The van der Waals surface area contributed by atoms with Crippen molar-refractivity contribution in [3.8, 4) is 6.07 Å². The summed E-state index contributed by atoms with van der Waals surface area (Å²) in [5, 5.41) is 10.1. The van der Waals surface area contributed by atoms with Crippen molar-refractivity contribution < 1.29 is 35.5 Å². The first-order chi connectivity index (χ1) is 11.4. The number of amides is 1. The van der Waals surface area contributed by atoms with Crippen molar-refractivity contribution in [2.45, 2.75) is 50.1 Å². The topological polar surface area (TPSA) is 52.9 Å². The molecule has 2 rings (SSSR count). The number of thiophene rings is 1. The number of carbonyl (C=O) groups excluding carboxylic acids is 1. The molecule has 0 unspecified atom stereocenters. The van der Waals surface area contributed by atoms with Gasteiger partial charge in [0.25, 0.3) is 0 Å². The minimum absolute atomic E-state index is 0.165. The molecule has 0 saturated heterocycles. The SMILES string of the molecule is N#Cc1c(NC(=O)C(F)(F)C(F)(F)C(F)(F)F)sc2c1CCCCC2. The number of fused-ring (bicyclic) bond motifs is 1. The Kier molecular flexibility index (Phi) is 5.05. The standard InChI is InChI=1S/C14H11F7N2OS/c15-12(16,13(17,18)14(19,20)21)11(24)23-10-8(6-22)7-4-2-1-3-5-9(7)25-10/h1-5H2,(H,23,24). The maximum Gasteiger partial charge on any atom is 0.460 e. The second kappa shape index (κ2) is 6.48. The number of nitriles is 1. The summed E-state index contributed by atoms with van der Waals surface area (Å²) in [6.07, 6.45) is -3.29. The van der Waals surface area contributed by atoms with Crippen molar-refractivity contribution in [3.05, 3.63) is 16.0 Å². The van der Waals surface area contributed by atoms with E-state index in [0.717, 1.165) is 24.2 Å². The van der Waals surface area contributed by atoms with Crippen LogP contribution >= 0.6 is 11.3 Å². The average molecular weight is 388 g/mol. The molecule has 1 aliphatic rings. The molecule has 1 N–H and O–H groups in total. The minimum atomic E-state index is -6.60. The number of hydrogen-bond donors (Lipinski definition) is 1. The van der Waals surface area contributed by atoms with Crippen molar-refractivity contribution in [1.29, 1.82) is 5.26 Å². The normalized spacial score (nSPS) is 15.9. The Morgan fingerprint density at radius 1 is 1.04 bits per heavy atom. The molecule has 0 spiro atoms. The summed E-state index contributed by atoms with van der Waals surface area (Å²) < 4.78 is 89.1. The van der Waals surface area contributed by atoms with Gasteiger partial charge in [-0.15, -0.1) is 11.3 Å². The fourth-order valence-electron chi connectivity index (χ4n) is 2.45. The lowest BCUT2D eigenvalue weighted by molar-refractivity contribution is -0.343. The van der Waals surface area contributed by atoms with Gasteiger partial charge in [0, 0.05) is 4.88 Å². The molecule has 1 aromatic rings. The molecule has 1 aromatic heterocycles. The molecule has 0 fully saturated rings. The Labute approximate surface area is 141 Å². The van der Waals surface area contributed by atoms with Gasteiger partial charge in [0.15, 0.2) is 0 Å². The fourth-order valence-corrected chi connectivity index (χ4v) is 3.69. The van der Waals surface area contributed by atoms with Gasteiger partial charge in [-0.05, 0) is 31.2 Å². The molecule has 1 amide bonds. The zero-order valence-electron chi connectivity index (χ0n) is 12.4. The predicted molar refractivity (Wildman–Crippen MR) is 74.9 cm³/mol. The Morgan fingerprint density at radius 2 is 1.64 bits per heavy atom. The lowest BCUT2D eigenvalue weighted by Gasteiger charge is -2.26. The molecule has 3 nitrogen and oxygen atoms in total. The summed E-state index contributed by atoms with van der Waals surface area (Å²) in [6, 6.07) is 1.70. The Bertz CT molecular complexity index is 718. The number of hydrogen-bond acceptors (Lipinski definition) is 3. The highest BCUT2D eigenvalue weighted by atomic mass is 32.1. The molecule has 0 bridgehead atoms. The number of halogens is 7. The monoisotopic (exact) mass is 388 g/mol. The Balaban J connectivity index is 2.34. The number of anilines is 1. The van der Waals surface area contributed by atoms with Crippen molar-refractivity contribution >= 4 is 22.2 Å². The molecule has 138 valence electrons. The molecule has 25 heavy (non-hydrogen) atoms. The van der Waals surface area contributed by atoms with Crippen LogP contribution in [0.3, 0.4) is 0 Å². The van der Waals surface area contributed by atoms with Crippen LogP contribution in [0.25, 0.3) is 0 Å². The van der Waals surface area contributed by atoms with Gasteiger partial charge in [-0.3, -0.25) is 4.79 Å². The van der Waals surface area contributed by atoms with E-state index >= 15 is 0 Å². The average Bonchev–Trinajstić information content (AvgIpc) is 2.66. The van der Waals surface area contributed by atoms with E-state index in [4.69, 9.17) is 5.26 Å². The zero-order valence-corrected chi connectivity index (χ0v) is 13.3. The predicted octanol–water partition coefficient (Wildman–Crippen LogP) is 4.66. The van der Waals surface area contributed by atoms with E-state index in [1.807, 2.05) is 0 Å². The molecule has 0 atom stereocenters. The second-order valence-electron chi connectivity index (χ2n) is 5.48. The van der Waals surface area contributed by atoms with Crippen LogP contribution in [-0.4, -0.2) is 23.9 Å². The highest BCUT2D eigenvalue weighted by molar-refractivity contribution is 7.16. The molecule has 0 aliphatic heterocycles. The molecule has 0 radical (unpaired) electrons. The summed E-state index contributed by atoms with van der Waals surface area (Å²) >= 11 is 0.749. The van der Waals surface area contributed by atoms with Crippen molar-refractivity contribution in [1.82, 2.24) is 0 Å². The largest absolute Gasteiger partial charge is 0.460 e. The molecule has 1 heterocycles. The van der Waals surface area contributed by atoms with Gasteiger partial charge in [-0.2, -0.15) is 36.0 Å². The van der Waals surface area contributed by atoms with E-state index in [2.05, 4.69) is 0 Å². The van der Waals surface area contributed by atoms with Gasteiger partial charge in [0.05, 0.1) is 5.56 Å². The third kappa shape index (κ3) is 3.31. The van der Waals surface area contributed by atoms with Crippen LogP contribution < -0.4 is 5.32 Å². The number of nitrogens with one attached hydrogen (secondary N) is 1.